The summed E-state index contributed by atoms with van der Waals surface area (Å²) in [5, 5.41) is 10.5. The Labute approximate surface area is 190 Å². The highest BCUT2D eigenvalue weighted by Gasteiger charge is 2.45. The fourth-order valence-corrected chi connectivity index (χ4v) is 3.80. The zero-order valence-electron chi connectivity index (χ0n) is 19.2. The number of para-hydroxylation sites is 1. The van der Waals surface area contributed by atoms with Gasteiger partial charge in [-0.25, -0.2) is 4.79 Å². The zero-order chi connectivity index (χ0) is 24.4. The van der Waals surface area contributed by atoms with Gasteiger partial charge in [0.1, 0.15) is 11.4 Å². The molecular formula is C24H34NO6P. The van der Waals surface area contributed by atoms with Crippen LogP contribution in [0, 0.1) is 0 Å². The van der Waals surface area contributed by atoms with Gasteiger partial charge < -0.3 is 25.0 Å². The summed E-state index contributed by atoms with van der Waals surface area (Å²) in [6.45, 7) is 7.94. The molecule has 8 heteroatoms. The molecule has 1 aromatic rings. The van der Waals surface area contributed by atoms with E-state index >= 15 is 0 Å². The van der Waals surface area contributed by atoms with E-state index in [0.717, 1.165) is 24.0 Å². The molecule has 0 amide bonds. The van der Waals surface area contributed by atoms with Crippen molar-refractivity contribution in [2.45, 2.75) is 58.5 Å². The first-order valence-electron chi connectivity index (χ1n) is 10.4. The molecule has 1 aromatic carbocycles. The number of carboxylic acid groups (broad SMARTS) is 1. The lowest BCUT2D eigenvalue weighted by Gasteiger charge is -2.27. The molecule has 0 saturated carbocycles. The maximum atomic E-state index is 12.2. The topological polar surface area (TPSA) is 124 Å². The van der Waals surface area contributed by atoms with Crippen LogP contribution >= 0.6 is 7.60 Å². The first kappa shape index (κ1) is 27.6. The Morgan fingerprint density at radius 2 is 1.62 bits per heavy atom. The van der Waals surface area contributed by atoms with E-state index in [1.165, 1.54) is 11.6 Å². The largest absolute Gasteiger partial charge is 0.478 e. The van der Waals surface area contributed by atoms with Gasteiger partial charge in [-0.2, -0.15) is 0 Å². The fraction of sp³-hybridized carbons (Fsp3) is 0.417. The van der Waals surface area contributed by atoms with Crippen molar-refractivity contribution in [2.75, 3.05) is 11.9 Å². The highest BCUT2D eigenvalue weighted by Crippen LogP contribution is 2.54. The molecule has 1 rings (SSSR count). The minimum absolute atomic E-state index is 0.0551. The lowest BCUT2D eigenvalue weighted by Crippen LogP contribution is -2.30. The van der Waals surface area contributed by atoms with Crippen LogP contribution in [-0.2, 0) is 9.36 Å². The van der Waals surface area contributed by atoms with Gasteiger partial charge in [-0.15, -0.1) is 0 Å². The average Bonchev–Trinajstić information content (AvgIpc) is 2.71. The van der Waals surface area contributed by atoms with E-state index < -0.39 is 18.7 Å². The number of carboxylic acids is 1. The van der Waals surface area contributed by atoms with Crippen molar-refractivity contribution >= 4 is 25.5 Å². The van der Waals surface area contributed by atoms with E-state index in [2.05, 4.69) is 11.4 Å². The van der Waals surface area contributed by atoms with Crippen LogP contribution in [0.1, 0.15) is 63.7 Å². The Morgan fingerprint density at radius 3 is 2.16 bits per heavy atom. The molecular weight excluding hydrogens is 429 g/mol. The van der Waals surface area contributed by atoms with Crippen molar-refractivity contribution < 1.29 is 29.0 Å². The van der Waals surface area contributed by atoms with Gasteiger partial charge in [-0.1, -0.05) is 47.1 Å². The van der Waals surface area contributed by atoms with E-state index in [1.807, 2.05) is 20.8 Å². The van der Waals surface area contributed by atoms with Crippen molar-refractivity contribution in [3.05, 3.63) is 64.8 Å². The van der Waals surface area contributed by atoms with E-state index in [9.17, 15) is 29.0 Å². The third-order valence-electron chi connectivity index (χ3n) is 5.21. The van der Waals surface area contributed by atoms with Gasteiger partial charge in [0.25, 0.3) is 0 Å². The minimum Gasteiger partial charge on any atom is -0.478 e. The molecule has 0 fully saturated rings. The molecule has 7 nitrogen and oxygen atoms in total. The summed E-state index contributed by atoms with van der Waals surface area (Å²) < 4.78 is 12.2. The van der Waals surface area contributed by atoms with Crippen LogP contribution < -0.4 is 5.32 Å². The second kappa shape index (κ2) is 12.5. The lowest BCUT2D eigenvalue weighted by atomic mass is 9.97. The Balaban J connectivity index is 2.94. The smallest absolute Gasteiger partial charge is 0.339 e. The number of hydrogen-bond donors (Lipinski definition) is 4. The van der Waals surface area contributed by atoms with E-state index in [0.29, 0.717) is 12.0 Å². The highest BCUT2D eigenvalue weighted by molar-refractivity contribution is 7.54. The molecule has 0 heterocycles. The van der Waals surface area contributed by atoms with Crippen LogP contribution in [0.3, 0.4) is 0 Å². The highest BCUT2D eigenvalue weighted by atomic mass is 31.2. The van der Waals surface area contributed by atoms with Gasteiger partial charge >= 0.3 is 13.6 Å². The first-order chi connectivity index (χ1) is 14.9. The maximum absolute atomic E-state index is 12.2. The van der Waals surface area contributed by atoms with E-state index in [4.69, 9.17) is 0 Å². The second-order valence-electron chi connectivity index (χ2n) is 8.30. The number of allylic oxidation sites excluding steroid dienone is 5. The number of aromatic carboxylic acids is 1. The van der Waals surface area contributed by atoms with Crippen LogP contribution in [-0.4, -0.2) is 38.8 Å². The molecule has 4 N–H and O–H groups in total. The first-order valence-corrected chi connectivity index (χ1v) is 12.1. The third kappa shape index (κ3) is 8.58. The molecule has 0 aliphatic heterocycles. The number of carbonyl (C=O) groups is 2. The summed E-state index contributed by atoms with van der Waals surface area (Å²) in [7, 11) is -4.73. The molecule has 1 unspecified atom stereocenters. The quantitative estimate of drug-likeness (QED) is 0.177. The monoisotopic (exact) mass is 463 g/mol. The standard InChI is InChI=1S/C24H34NO6P/c1-18(2)8-7-9-19(3)12-14-24(17-26,32(29,30)31)15-13-20(4)16-25-22-11-6-5-10-21(22)23(27)28/h5-6,8,10-13,17,25H,7,9,14-16H2,1-4H3,(H,27,28)(H2,29,30,31)/b19-12+,20-13+. The maximum Gasteiger partial charge on any atom is 0.339 e. The molecule has 1 atom stereocenters. The van der Waals surface area contributed by atoms with Crippen LogP contribution in [0.5, 0.6) is 0 Å². The molecule has 0 aliphatic carbocycles. The summed E-state index contributed by atoms with van der Waals surface area (Å²) in [6, 6.07) is 6.47. The molecule has 0 saturated heterocycles. The molecule has 0 bridgehead atoms. The summed E-state index contributed by atoms with van der Waals surface area (Å²) in [4.78, 5) is 43.0. The Bertz CT molecular complexity index is 940. The Kier molecular flexibility index (Phi) is 10.8. The zero-order valence-corrected chi connectivity index (χ0v) is 20.1. The van der Waals surface area contributed by atoms with Gasteiger partial charge in [-0.05, 0) is 65.5 Å². The molecule has 0 radical (unpaired) electrons. The van der Waals surface area contributed by atoms with Crippen molar-refractivity contribution in [1.82, 2.24) is 0 Å². The molecule has 0 aromatic heterocycles. The average molecular weight is 464 g/mol. The van der Waals surface area contributed by atoms with Crippen LogP contribution in [0.2, 0.25) is 0 Å². The van der Waals surface area contributed by atoms with Gasteiger partial charge in [0, 0.05) is 12.2 Å². The second-order valence-corrected chi connectivity index (χ2v) is 10.3. The van der Waals surface area contributed by atoms with Crippen molar-refractivity contribution in [3.8, 4) is 0 Å². The van der Waals surface area contributed by atoms with Crippen LogP contribution in [0.15, 0.2) is 59.2 Å². The predicted octanol–water partition coefficient (Wildman–Crippen LogP) is 5.33. The van der Waals surface area contributed by atoms with Crippen LogP contribution in [0.4, 0.5) is 5.69 Å². The number of aldehydes is 1. The molecule has 176 valence electrons. The van der Waals surface area contributed by atoms with Gasteiger partial charge in [0.05, 0.1) is 5.56 Å². The number of anilines is 1. The number of rotatable bonds is 13. The van der Waals surface area contributed by atoms with Crippen molar-refractivity contribution in [1.29, 1.82) is 0 Å². The number of nitrogens with one attached hydrogen (secondary N) is 1. The summed E-state index contributed by atoms with van der Waals surface area (Å²) in [5.74, 6) is -1.05. The SMILES string of the molecule is CC(C)=CCC/C(C)=C/CC(C=O)(C/C=C(\C)CNc1ccccc1C(=O)O)P(=O)(O)O. The number of carbonyl (C=O) groups excluding carboxylic acids is 1. The third-order valence-corrected chi connectivity index (χ3v) is 6.84. The van der Waals surface area contributed by atoms with E-state index in [1.54, 1.807) is 37.3 Å². The van der Waals surface area contributed by atoms with Crippen molar-refractivity contribution in [2.24, 2.45) is 0 Å². The summed E-state index contributed by atoms with van der Waals surface area (Å²) in [5.41, 5.74) is 3.48. The van der Waals surface area contributed by atoms with Gasteiger partial charge in [-0.3, -0.25) is 4.57 Å². The Morgan fingerprint density at radius 1 is 1.03 bits per heavy atom. The lowest BCUT2D eigenvalue weighted by molar-refractivity contribution is -0.110. The number of benzene rings is 1. The molecule has 0 spiro atoms. The fourth-order valence-electron chi connectivity index (χ4n) is 3.01. The van der Waals surface area contributed by atoms with Crippen molar-refractivity contribution in [3.63, 3.8) is 0 Å². The molecule has 0 aliphatic rings. The summed E-state index contributed by atoms with van der Waals surface area (Å²) in [6.07, 6.45) is 7.22. The van der Waals surface area contributed by atoms with Gasteiger partial charge in [0.2, 0.25) is 0 Å². The minimum atomic E-state index is -4.73. The predicted molar refractivity (Wildman–Crippen MR) is 128 cm³/mol. The Hall–Kier alpha value is -2.47. The van der Waals surface area contributed by atoms with Gasteiger partial charge in [0.15, 0.2) is 0 Å². The number of hydrogen-bond acceptors (Lipinski definition) is 4. The normalized spacial score (nSPS) is 14.4. The summed E-state index contributed by atoms with van der Waals surface area (Å²) >= 11 is 0. The molecule has 32 heavy (non-hydrogen) atoms. The van der Waals surface area contributed by atoms with Crippen LogP contribution in [0.25, 0.3) is 0 Å². The van der Waals surface area contributed by atoms with E-state index in [-0.39, 0.29) is 24.9 Å².